The van der Waals surface area contributed by atoms with E-state index in [1.807, 2.05) is 6.92 Å². The van der Waals surface area contributed by atoms with Crippen molar-refractivity contribution >= 4 is 11.4 Å². The molecule has 0 atom stereocenters. The molecular weight excluding hydrogens is 357 g/mol. The number of hydrogen-bond donors (Lipinski definition) is 1. The van der Waals surface area contributed by atoms with Gasteiger partial charge in [-0.15, -0.1) is 0 Å². The molecule has 1 aliphatic rings. The number of halogens is 3. The summed E-state index contributed by atoms with van der Waals surface area (Å²) in [6.07, 6.45) is -3.15. The smallest absolute Gasteiger partial charge is 0.416 e. The van der Waals surface area contributed by atoms with Crippen LogP contribution in [0.4, 0.5) is 13.2 Å². The van der Waals surface area contributed by atoms with Gasteiger partial charge in [0.05, 0.1) is 11.1 Å². The topological polar surface area (TPSA) is 46.5 Å². The van der Waals surface area contributed by atoms with Crippen molar-refractivity contribution in [1.29, 1.82) is 0 Å². The van der Waals surface area contributed by atoms with Crippen LogP contribution in [0.5, 0.6) is 11.5 Å². The van der Waals surface area contributed by atoms with E-state index in [1.165, 1.54) is 6.07 Å². The molecule has 0 saturated heterocycles. The molecule has 0 unspecified atom stereocenters. The predicted molar refractivity (Wildman–Crippen MR) is 95.9 cm³/mol. The number of Topliss-reactive ketones (excluding diaryl/α,β-unsaturated/α-hetero) is 1. The maximum atomic E-state index is 12.8. The van der Waals surface area contributed by atoms with Gasteiger partial charge in [0.25, 0.3) is 0 Å². The molecule has 0 saturated carbocycles. The number of alkyl halides is 3. The minimum atomic E-state index is -4.41. The van der Waals surface area contributed by atoms with Gasteiger partial charge in [-0.25, -0.2) is 0 Å². The lowest BCUT2D eigenvalue weighted by molar-refractivity contribution is -0.137. The molecule has 0 amide bonds. The number of carbonyl (C=O) groups is 1. The number of aliphatic hydroxyl groups excluding tert-OH is 1. The van der Waals surface area contributed by atoms with Crippen LogP contribution < -0.4 is 4.74 Å². The molecule has 6 heteroatoms. The van der Waals surface area contributed by atoms with Crippen molar-refractivity contribution < 1.29 is 27.8 Å². The summed E-state index contributed by atoms with van der Waals surface area (Å²) < 4.78 is 44.2. The number of aliphatic hydroxyl groups is 1. The lowest BCUT2D eigenvalue weighted by Gasteiger charge is -2.15. The molecule has 0 spiro atoms. The van der Waals surface area contributed by atoms with Crippen LogP contribution in [0.2, 0.25) is 0 Å². The second-order valence-electron chi connectivity index (χ2n) is 6.50. The van der Waals surface area contributed by atoms with Crippen LogP contribution in [0.15, 0.2) is 42.2 Å². The van der Waals surface area contributed by atoms with Crippen LogP contribution in [0, 0.1) is 6.92 Å². The summed E-state index contributed by atoms with van der Waals surface area (Å²) in [5, 5.41) is 10.1. The average molecular weight is 376 g/mol. The highest BCUT2D eigenvalue weighted by Gasteiger charge is 2.31. The number of benzene rings is 2. The molecule has 0 aliphatic heterocycles. The van der Waals surface area contributed by atoms with E-state index >= 15 is 0 Å². The summed E-state index contributed by atoms with van der Waals surface area (Å²) in [4.78, 5) is 12.1. The number of ketones is 1. The lowest BCUT2D eigenvalue weighted by Crippen LogP contribution is -2.05. The fourth-order valence-electron chi connectivity index (χ4n) is 3.18. The highest BCUT2D eigenvalue weighted by atomic mass is 19.4. The molecular formula is C21H19F3O3. The van der Waals surface area contributed by atoms with Crippen molar-refractivity contribution in [3.05, 3.63) is 64.4 Å². The van der Waals surface area contributed by atoms with Gasteiger partial charge >= 0.3 is 6.18 Å². The Hall–Kier alpha value is -2.76. The first-order valence-corrected chi connectivity index (χ1v) is 8.65. The molecule has 0 heterocycles. The third-order valence-electron chi connectivity index (χ3n) is 4.62. The Bertz CT molecular complexity index is 927. The second-order valence-corrected chi connectivity index (χ2v) is 6.50. The van der Waals surface area contributed by atoms with Gasteiger partial charge in [-0.3, -0.25) is 4.79 Å². The first kappa shape index (κ1) is 19.0. The van der Waals surface area contributed by atoms with Gasteiger partial charge in [-0.05, 0) is 60.4 Å². The average Bonchev–Trinajstić information content (AvgIpc) is 2.94. The number of rotatable bonds is 4. The van der Waals surface area contributed by atoms with E-state index in [2.05, 4.69) is 0 Å². The Balaban J connectivity index is 1.96. The number of allylic oxidation sites excluding steroid dienone is 2. The van der Waals surface area contributed by atoms with Crippen molar-refractivity contribution in [1.82, 2.24) is 0 Å². The molecule has 0 fully saturated rings. The number of ether oxygens (including phenoxy) is 1. The molecule has 0 radical (unpaired) electrons. The molecule has 1 N–H and O–H groups in total. The van der Waals surface area contributed by atoms with E-state index in [4.69, 9.17) is 4.74 Å². The van der Waals surface area contributed by atoms with Gasteiger partial charge in [0, 0.05) is 12.8 Å². The zero-order valence-electron chi connectivity index (χ0n) is 15.0. The van der Waals surface area contributed by atoms with Gasteiger partial charge in [0.15, 0.2) is 5.78 Å². The maximum absolute atomic E-state index is 12.8. The largest absolute Gasteiger partial charge is 0.512 e. The summed E-state index contributed by atoms with van der Waals surface area (Å²) in [5.41, 5.74) is 1.43. The summed E-state index contributed by atoms with van der Waals surface area (Å²) >= 11 is 0. The molecule has 0 aromatic heterocycles. The van der Waals surface area contributed by atoms with Crippen LogP contribution >= 0.6 is 0 Å². The highest BCUT2D eigenvalue weighted by molar-refractivity contribution is 6.23. The van der Waals surface area contributed by atoms with Crippen LogP contribution in [0.3, 0.4) is 0 Å². The summed E-state index contributed by atoms with van der Waals surface area (Å²) in [6, 6.07) is 8.45. The molecule has 2 aromatic carbocycles. The fourth-order valence-corrected chi connectivity index (χ4v) is 3.18. The molecule has 142 valence electrons. The molecule has 0 bridgehead atoms. The van der Waals surface area contributed by atoms with E-state index in [0.29, 0.717) is 41.0 Å². The van der Waals surface area contributed by atoms with E-state index in [9.17, 15) is 23.1 Å². The van der Waals surface area contributed by atoms with Crippen molar-refractivity contribution in [3.8, 4) is 11.5 Å². The fraction of sp³-hybridized carbons (Fsp3) is 0.286. The third-order valence-corrected chi connectivity index (χ3v) is 4.62. The van der Waals surface area contributed by atoms with E-state index in [-0.39, 0.29) is 18.0 Å². The SMILES string of the molecule is CCc1ccc(Oc2ccc(C(F)(F)F)cc2C)cc1C1=C(O)CCC1=O. The van der Waals surface area contributed by atoms with Gasteiger partial charge in [-0.1, -0.05) is 13.0 Å². The summed E-state index contributed by atoms with van der Waals surface area (Å²) in [5.74, 6) is 0.641. The van der Waals surface area contributed by atoms with Crippen molar-refractivity contribution in [2.24, 2.45) is 0 Å². The monoisotopic (exact) mass is 376 g/mol. The Morgan fingerprint density at radius 3 is 2.41 bits per heavy atom. The Morgan fingerprint density at radius 1 is 1.11 bits per heavy atom. The zero-order valence-corrected chi connectivity index (χ0v) is 15.0. The summed E-state index contributed by atoms with van der Waals surface area (Å²) in [6.45, 7) is 3.48. The predicted octanol–water partition coefficient (Wildman–Crippen LogP) is 6.00. The first-order chi connectivity index (χ1) is 12.7. The molecule has 1 aliphatic carbocycles. The van der Waals surface area contributed by atoms with Gasteiger partial charge in [0.2, 0.25) is 0 Å². The lowest BCUT2D eigenvalue weighted by atomic mass is 9.96. The zero-order chi connectivity index (χ0) is 19.8. The molecule has 2 aromatic rings. The number of carbonyl (C=O) groups excluding carboxylic acids is 1. The Kier molecular flexibility index (Phi) is 5.00. The minimum Gasteiger partial charge on any atom is -0.512 e. The van der Waals surface area contributed by atoms with Crippen molar-refractivity contribution in [2.45, 2.75) is 39.3 Å². The first-order valence-electron chi connectivity index (χ1n) is 8.65. The van der Waals surface area contributed by atoms with Crippen LogP contribution in [-0.2, 0) is 17.4 Å². The summed E-state index contributed by atoms with van der Waals surface area (Å²) in [7, 11) is 0. The minimum absolute atomic E-state index is 0.0672. The normalized spacial score (nSPS) is 14.8. The van der Waals surface area contributed by atoms with Gasteiger partial charge in [0.1, 0.15) is 17.3 Å². The molecule has 3 nitrogen and oxygen atoms in total. The van der Waals surface area contributed by atoms with E-state index in [1.54, 1.807) is 25.1 Å². The van der Waals surface area contributed by atoms with E-state index in [0.717, 1.165) is 17.7 Å². The second kappa shape index (κ2) is 7.10. The van der Waals surface area contributed by atoms with E-state index < -0.39 is 11.7 Å². The molecule has 3 rings (SSSR count). The van der Waals surface area contributed by atoms with Crippen LogP contribution in [-0.4, -0.2) is 10.9 Å². The standard InChI is InChI=1S/C21H19F3O3/c1-3-13-4-6-15(11-16(13)20-17(25)7-8-18(20)26)27-19-9-5-14(10-12(19)2)21(22,23)24/h4-6,9-11,25H,3,7-8H2,1-2H3. The Labute approximate surface area is 155 Å². The quantitative estimate of drug-likeness (QED) is 0.712. The van der Waals surface area contributed by atoms with Gasteiger partial charge < -0.3 is 9.84 Å². The molecule has 27 heavy (non-hydrogen) atoms. The van der Waals surface area contributed by atoms with Gasteiger partial charge in [-0.2, -0.15) is 13.2 Å². The van der Waals surface area contributed by atoms with Crippen LogP contribution in [0.25, 0.3) is 5.57 Å². The van der Waals surface area contributed by atoms with Crippen molar-refractivity contribution in [2.75, 3.05) is 0 Å². The third kappa shape index (κ3) is 3.84. The number of hydrogen-bond acceptors (Lipinski definition) is 3. The highest BCUT2D eigenvalue weighted by Crippen LogP contribution is 2.37. The van der Waals surface area contributed by atoms with Crippen LogP contribution in [0.1, 0.15) is 42.0 Å². The van der Waals surface area contributed by atoms with Crippen molar-refractivity contribution in [3.63, 3.8) is 0 Å². The Morgan fingerprint density at radius 2 is 1.85 bits per heavy atom. The maximum Gasteiger partial charge on any atom is 0.416 e. The number of aryl methyl sites for hydroxylation is 2.